The molecule has 0 saturated carbocycles. The smallest absolute Gasteiger partial charge is 0.338 e. The number of rotatable bonds is 13. The minimum atomic E-state index is -0.808. The minimum absolute atomic E-state index is 0.0640. The molecule has 2 heterocycles. The van der Waals surface area contributed by atoms with Crippen LogP contribution in [0.1, 0.15) is 44.4 Å². The maximum Gasteiger partial charge on any atom is 0.338 e. The summed E-state index contributed by atoms with van der Waals surface area (Å²) in [5.74, 6) is 2.12. The van der Waals surface area contributed by atoms with E-state index in [1.807, 2.05) is 12.1 Å². The van der Waals surface area contributed by atoms with Gasteiger partial charge in [0.25, 0.3) is 5.56 Å². The number of thiazole rings is 1. The number of carbonyl (C=O) groups is 1. The summed E-state index contributed by atoms with van der Waals surface area (Å²) in [6.07, 6.45) is 2.66. The molecule has 3 aromatic rings. The standard InChI is InChI=1S/C32H38N2O8S/c1-19(2)12-13-41-24-11-9-22(18-26(24)40-7)29-28(31(36)42-15-14-37-4)20(3)33-32-34(29)30(35)27(43-32)17-21-8-10-23(38-5)25(16-21)39-6/h8-11,16-19,29H,12-15H2,1-7H3/b27-17-. The summed E-state index contributed by atoms with van der Waals surface area (Å²) in [6, 6.07) is 10.0. The second-order valence-corrected chi connectivity index (χ2v) is 11.3. The van der Waals surface area contributed by atoms with Crippen molar-refractivity contribution in [2.75, 3.05) is 48.3 Å². The Morgan fingerprint density at radius 1 is 0.953 bits per heavy atom. The zero-order valence-electron chi connectivity index (χ0n) is 25.6. The van der Waals surface area contributed by atoms with Crippen molar-refractivity contribution in [2.24, 2.45) is 10.9 Å². The van der Waals surface area contributed by atoms with E-state index >= 15 is 0 Å². The lowest BCUT2D eigenvalue weighted by atomic mass is 9.95. The van der Waals surface area contributed by atoms with Gasteiger partial charge in [0.1, 0.15) is 6.61 Å². The third kappa shape index (κ3) is 7.11. The maximum absolute atomic E-state index is 14.0. The Hall–Kier alpha value is -4.09. The fraction of sp³-hybridized carbons (Fsp3) is 0.406. The first-order valence-corrected chi connectivity index (χ1v) is 14.7. The van der Waals surface area contributed by atoms with Gasteiger partial charge in [0.15, 0.2) is 27.8 Å². The van der Waals surface area contributed by atoms with E-state index in [0.29, 0.717) is 56.1 Å². The Labute approximate surface area is 254 Å². The van der Waals surface area contributed by atoms with Gasteiger partial charge in [-0.2, -0.15) is 0 Å². The van der Waals surface area contributed by atoms with Gasteiger partial charge >= 0.3 is 5.97 Å². The van der Waals surface area contributed by atoms with Gasteiger partial charge in [-0.15, -0.1) is 0 Å². The number of esters is 1. The molecule has 10 nitrogen and oxygen atoms in total. The van der Waals surface area contributed by atoms with Crippen molar-refractivity contribution in [1.82, 2.24) is 4.57 Å². The van der Waals surface area contributed by atoms with Crippen LogP contribution in [-0.2, 0) is 14.3 Å². The molecule has 1 aliphatic rings. The van der Waals surface area contributed by atoms with E-state index in [1.54, 1.807) is 58.6 Å². The Morgan fingerprint density at radius 3 is 2.33 bits per heavy atom. The molecule has 43 heavy (non-hydrogen) atoms. The van der Waals surface area contributed by atoms with Crippen LogP contribution in [0.3, 0.4) is 0 Å². The molecule has 0 aliphatic carbocycles. The lowest BCUT2D eigenvalue weighted by Gasteiger charge is -2.25. The largest absolute Gasteiger partial charge is 0.493 e. The summed E-state index contributed by atoms with van der Waals surface area (Å²) in [7, 11) is 6.21. The Balaban J connectivity index is 1.85. The minimum Gasteiger partial charge on any atom is -0.493 e. The van der Waals surface area contributed by atoms with Crippen LogP contribution in [0.25, 0.3) is 6.08 Å². The van der Waals surface area contributed by atoms with E-state index in [2.05, 4.69) is 18.8 Å². The van der Waals surface area contributed by atoms with E-state index < -0.39 is 12.0 Å². The Morgan fingerprint density at radius 2 is 1.65 bits per heavy atom. The van der Waals surface area contributed by atoms with Crippen molar-refractivity contribution >= 4 is 23.4 Å². The summed E-state index contributed by atoms with van der Waals surface area (Å²) < 4.78 is 35.0. The molecule has 4 rings (SSSR count). The summed E-state index contributed by atoms with van der Waals surface area (Å²) >= 11 is 1.24. The Kier molecular flexibility index (Phi) is 10.7. The quantitative estimate of drug-likeness (QED) is 0.212. The van der Waals surface area contributed by atoms with Crippen molar-refractivity contribution in [3.63, 3.8) is 0 Å². The molecule has 1 atom stereocenters. The van der Waals surface area contributed by atoms with Crippen LogP contribution in [-0.4, -0.2) is 58.8 Å². The van der Waals surface area contributed by atoms with Gasteiger partial charge in [-0.1, -0.05) is 37.3 Å². The molecule has 0 saturated heterocycles. The number of benzene rings is 2. The maximum atomic E-state index is 14.0. The average molecular weight is 611 g/mol. The van der Waals surface area contributed by atoms with Crippen molar-refractivity contribution in [1.29, 1.82) is 0 Å². The molecule has 0 bridgehead atoms. The van der Waals surface area contributed by atoms with Crippen LogP contribution in [0.5, 0.6) is 23.0 Å². The average Bonchev–Trinajstić information content (AvgIpc) is 3.29. The zero-order valence-corrected chi connectivity index (χ0v) is 26.4. The monoisotopic (exact) mass is 610 g/mol. The van der Waals surface area contributed by atoms with E-state index in [9.17, 15) is 9.59 Å². The highest BCUT2D eigenvalue weighted by Gasteiger charge is 2.34. The number of carbonyl (C=O) groups excluding carboxylic acids is 1. The van der Waals surface area contributed by atoms with Gasteiger partial charge in [-0.25, -0.2) is 9.79 Å². The van der Waals surface area contributed by atoms with Crippen LogP contribution >= 0.6 is 11.3 Å². The van der Waals surface area contributed by atoms with Gasteiger partial charge in [0.2, 0.25) is 0 Å². The van der Waals surface area contributed by atoms with Crippen LogP contribution in [0.15, 0.2) is 57.5 Å². The van der Waals surface area contributed by atoms with Crippen molar-refractivity contribution < 1.29 is 33.2 Å². The first-order valence-electron chi connectivity index (χ1n) is 13.9. The van der Waals surface area contributed by atoms with E-state index in [1.165, 1.54) is 23.0 Å². The lowest BCUT2D eigenvalue weighted by molar-refractivity contribution is -0.140. The third-order valence-electron chi connectivity index (χ3n) is 6.92. The summed E-state index contributed by atoms with van der Waals surface area (Å²) in [5, 5.41) is 0. The molecule has 0 amide bonds. The second kappa shape index (κ2) is 14.4. The summed E-state index contributed by atoms with van der Waals surface area (Å²) in [6.45, 7) is 6.85. The van der Waals surface area contributed by atoms with Crippen molar-refractivity contribution in [3.05, 3.63) is 78.5 Å². The van der Waals surface area contributed by atoms with Crippen LogP contribution in [0, 0.1) is 5.92 Å². The van der Waals surface area contributed by atoms with E-state index in [4.69, 9.17) is 28.4 Å². The van der Waals surface area contributed by atoms with Crippen LogP contribution in [0.4, 0.5) is 0 Å². The highest BCUT2D eigenvalue weighted by atomic mass is 32.1. The number of nitrogens with zero attached hydrogens (tertiary/aromatic N) is 2. The molecular formula is C32H38N2O8S. The first kappa shape index (κ1) is 31.8. The second-order valence-electron chi connectivity index (χ2n) is 10.3. The molecular weight excluding hydrogens is 572 g/mol. The normalized spacial score (nSPS) is 14.8. The number of ether oxygens (including phenoxy) is 6. The fourth-order valence-corrected chi connectivity index (χ4v) is 5.71. The van der Waals surface area contributed by atoms with Gasteiger partial charge in [-0.3, -0.25) is 9.36 Å². The van der Waals surface area contributed by atoms with Gasteiger partial charge in [0.05, 0.1) is 56.4 Å². The SMILES string of the molecule is COCCOC(=O)C1=C(C)N=c2s/c(=C\c3ccc(OC)c(OC)c3)c(=O)n2C1c1ccc(OCCC(C)C)c(OC)c1. The molecule has 11 heteroatoms. The fourth-order valence-electron chi connectivity index (χ4n) is 4.67. The molecule has 2 aromatic carbocycles. The molecule has 1 aliphatic heterocycles. The number of hydrogen-bond donors (Lipinski definition) is 0. The number of allylic oxidation sites excluding steroid dienone is 1. The Bertz CT molecular complexity index is 1670. The summed E-state index contributed by atoms with van der Waals surface area (Å²) in [5.41, 5.74) is 1.83. The molecule has 0 N–H and O–H groups in total. The van der Waals surface area contributed by atoms with Gasteiger partial charge in [0, 0.05) is 7.11 Å². The number of hydrogen-bond acceptors (Lipinski definition) is 10. The van der Waals surface area contributed by atoms with Crippen LogP contribution in [0.2, 0.25) is 0 Å². The molecule has 0 radical (unpaired) electrons. The molecule has 1 aromatic heterocycles. The molecule has 230 valence electrons. The topological polar surface area (TPSA) is 107 Å². The predicted octanol–water partition coefficient (Wildman–Crippen LogP) is 3.88. The first-order chi connectivity index (χ1) is 20.7. The highest BCUT2D eigenvalue weighted by Crippen LogP contribution is 2.36. The zero-order chi connectivity index (χ0) is 31.1. The van der Waals surface area contributed by atoms with Gasteiger partial charge < -0.3 is 28.4 Å². The number of fused-ring (bicyclic) bond motifs is 1. The third-order valence-corrected chi connectivity index (χ3v) is 7.91. The lowest BCUT2D eigenvalue weighted by Crippen LogP contribution is -2.40. The molecule has 0 fully saturated rings. The van der Waals surface area contributed by atoms with Crippen molar-refractivity contribution in [2.45, 2.75) is 33.2 Å². The van der Waals surface area contributed by atoms with Crippen molar-refractivity contribution in [3.8, 4) is 23.0 Å². The van der Waals surface area contributed by atoms with Crippen LogP contribution < -0.4 is 33.8 Å². The molecule has 1 unspecified atom stereocenters. The molecule has 0 spiro atoms. The number of methoxy groups -OCH3 is 4. The van der Waals surface area contributed by atoms with E-state index in [0.717, 1.165) is 12.0 Å². The van der Waals surface area contributed by atoms with Gasteiger partial charge in [-0.05, 0) is 60.7 Å². The summed E-state index contributed by atoms with van der Waals surface area (Å²) in [4.78, 5) is 32.6. The highest BCUT2D eigenvalue weighted by molar-refractivity contribution is 7.07. The number of aromatic nitrogens is 1. The van der Waals surface area contributed by atoms with E-state index in [-0.39, 0.29) is 24.3 Å². The predicted molar refractivity (Wildman–Crippen MR) is 164 cm³/mol.